The number of imide groups is 2. The van der Waals surface area contributed by atoms with Gasteiger partial charge in [-0.3, -0.25) is 53.8 Å². The molecule has 32 heteroatoms. The molecule has 105 heavy (non-hydrogen) atoms. The molecule has 0 bridgehead atoms. The molecule has 1 aliphatic carbocycles. The fourth-order valence-electron chi connectivity index (χ4n) is 13.6. The van der Waals surface area contributed by atoms with Gasteiger partial charge in [-0.05, 0) is 134 Å². The largest absolute Gasteiger partial charge is 0.501 e. The van der Waals surface area contributed by atoms with E-state index in [0.29, 0.717) is 121 Å². The van der Waals surface area contributed by atoms with E-state index in [-0.39, 0.29) is 59.8 Å². The first-order valence-corrected chi connectivity index (χ1v) is 39.4. The number of nitrogens with zero attached hydrogens (tertiary/aromatic N) is 6. The van der Waals surface area contributed by atoms with E-state index in [2.05, 4.69) is 67.6 Å². The molecule has 2 atom stereocenters. The molecule has 6 aliphatic rings. The maximum absolute atomic E-state index is 14.6. The number of benzene rings is 5. The SMILES string of the molecule is CC1(C)CCC(c2ccc(Cl)cc2)=C(CN2CCN(c3ccc(C(=O)NS(=O)(=O)c4ccc(N[C@H](CCN5CCN(C(=O)CCCN6C=C(COCCOCCOCCNc7cccc8c7C(=O)N(C7CCC(=O)NC7=O)C8=O)NN6)CC5)CSc5ccccc5)c(S(=O)(=O)C(F)(F)F)c4)cc3)CC2)C1. The molecule has 0 saturated carbocycles. The van der Waals surface area contributed by atoms with Gasteiger partial charge in [0.25, 0.3) is 37.6 Å². The first-order chi connectivity index (χ1) is 50.3. The number of alkyl halides is 3. The predicted molar refractivity (Wildman–Crippen MR) is 392 cm³/mol. The minimum atomic E-state index is -6.17. The minimum Gasteiger partial charge on any atom is -0.382 e. The summed E-state index contributed by atoms with van der Waals surface area (Å²) in [4.78, 5) is 85.7. The van der Waals surface area contributed by atoms with Crippen molar-refractivity contribution >= 4 is 101 Å². The fraction of sp³-hybridized carbons (Fsp3) is 0.452. The van der Waals surface area contributed by atoms with Gasteiger partial charge in [-0.15, -0.1) is 17.3 Å². The number of carbonyl (C=O) groups excluding carboxylic acids is 6. The summed E-state index contributed by atoms with van der Waals surface area (Å²) in [6, 6.07) is 29.1. The zero-order valence-corrected chi connectivity index (χ0v) is 61.7. The van der Waals surface area contributed by atoms with E-state index in [0.717, 1.165) is 72.2 Å². The Bertz CT molecular complexity index is 4260. The van der Waals surface area contributed by atoms with Crippen LogP contribution < -0.4 is 36.5 Å². The topological polar surface area (TPSA) is 290 Å². The molecule has 0 radical (unpaired) electrons. The number of anilines is 3. The number of ether oxygens (including phenoxy) is 3. The van der Waals surface area contributed by atoms with Crippen molar-refractivity contribution < 1.29 is 73.0 Å². The summed E-state index contributed by atoms with van der Waals surface area (Å²) in [5.41, 5.74) is 6.36. The molecule has 3 fully saturated rings. The van der Waals surface area contributed by atoms with Crippen molar-refractivity contribution in [2.75, 3.05) is 139 Å². The second-order valence-corrected chi connectivity index (χ2v) is 32.4. The fourth-order valence-corrected chi connectivity index (χ4v) is 16.7. The van der Waals surface area contributed by atoms with E-state index in [1.807, 2.05) is 58.4 Å². The third kappa shape index (κ3) is 20.3. The van der Waals surface area contributed by atoms with Crippen LogP contribution in [0.5, 0.6) is 0 Å². The van der Waals surface area contributed by atoms with Gasteiger partial charge in [-0.2, -0.15) is 13.2 Å². The molecule has 5 aromatic carbocycles. The lowest BCUT2D eigenvalue weighted by Gasteiger charge is -2.39. The zero-order valence-electron chi connectivity index (χ0n) is 58.5. The van der Waals surface area contributed by atoms with Gasteiger partial charge in [0.05, 0.1) is 67.0 Å². The molecular weight excluding hydrogens is 1440 g/mol. The number of rotatable bonds is 33. The highest BCUT2D eigenvalue weighted by molar-refractivity contribution is 7.99. The van der Waals surface area contributed by atoms with Crippen LogP contribution in [0, 0.1) is 5.41 Å². The van der Waals surface area contributed by atoms with Crippen LogP contribution in [0.1, 0.15) is 102 Å². The van der Waals surface area contributed by atoms with E-state index < -0.39 is 82.5 Å². The highest BCUT2D eigenvalue weighted by atomic mass is 35.5. The number of piperidine rings is 1. The van der Waals surface area contributed by atoms with E-state index in [1.54, 1.807) is 29.2 Å². The van der Waals surface area contributed by atoms with Gasteiger partial charge >= 0.3 is 5.51 Å². The van der Waals surface area contributed by atoms with Crippen molar-refractivity contribution in [3.05, 3.63) is 160 Å². The summed E-state index contributed by atoms with van der Waals surface area (Å²) >= 11 is 7.63. The molecule has 5 heterocycles. The Balaban J connectivity index is 0.594. The van der Waals surface area contributed by atoms with Gasteiger partial charge in [0.2, 0.25) is 17.7 Å². The molecule has 11 rings (SSSR count). The first-order valence-electron chi connectivity index (χ1n) is 35.1. The number of halogens is 4. The number of piperazine rings is 2. The van der Waals surface area contributed by atoms with E-state index in [1.165, 1.54) is 46.7 Å². The van der Waals surface area contributed by atoms with Crippen LogP contribution in [0.2, 0.25) is 5.02 Å². The molecule has 25 nitrogen and oxygen atoms in total. The number of carbonyl (C=O) groups is 6. The Morgan fingerprint density at radius 2 is 1.47 bits per heavy atom. The van der Waals surface area contributed by atoms with Crippen molar-refractivity contribution in [3.63, 3.8) is 0 Å². The van der Waals surface area contributed by atoms with E-state index >= 15 is 0 Å². The molecule has 5 aromatic rings. The standard InChI is InChI=1S/C73H88ClF3N12O13S3/c1-72(2)27-25-59(50-13-17-53(74)18-14-50)52(45-72)46-85-33-35-86(36-34-85)56-19-15-51(16-20-56)68(92)82-105(98,99)58-21-22-61(64(44-58)104(96,97)73(75,76)77)79-54(49-103-57-8-4-3-5-9-57)26-30-84-31-37-87(38-32-84)66(91)12-7-29-88-47-55(81-83-88)48-102-43-42-101-41-40-100-39-28-78-62-11-6-10-60-67(62)71(95)89(70(60)94)63-23-24-65(90)80-69(63)93/h3-6,8-11,13-22,44,47,54,63,78-79,81,83H,7,12,23-43,45-46,48-49H2,1-2H3,(H,82,92)(H,80,90,93)/t54-,63?/m1/s1. The zero-order chi connectivity index (χ0) is 74.5. The Morgan fingerprint density at radius 1 is 0.762 bits per heavy atom. The Hall–Kier alpha value is -8.11. The summed E-state index contributed by atoms with van der Waals surface area (Å²) in [7, 11) is -11.1. The normalized spacial score (nSPS) is 18.6. The van der Waals surface area contributed by atoms with E-state index in [4.69, 9.17) is 25.8 Å². The number of nitrogens with one attached hydrogen (secondary N) is 6. The maximum Gasteiger partial charge on any atom is 0.501 e. The predicted octanol–water partition coefficient (Wildman–Crippen LogP) is 8.15. The molecule has 1 unspecified atom stereocenters. The number of amides is 6. The molecule has 6 N–H and O–H groups in total. The molecule has 6 amide bonds. The third-order valence-electron chi connectivity index (χ3n) is 19.3. The van der Waals surface area contributed by atoms with Crippen molar-refractivity contribution in [3.8, 4) is 0 Å². The van der Waals surface area contributed by atoms with Crippen molar-refractivity contribution in [2.45, 2.75) is 97.5 Å². The van der Waals surface area contributed by atoms with Crippen LogP contribution >= 0.6 is 23.4 Å². The number of hydrogen-bond acceptors (Lipinski definition) is 22. The van der Waals surface area contributed by atoms with Crippen LogP contribution in [-0.2, 0) is 48.5 Å². The van der Waals surface area contributed by atoms with E-state index in [9.17, 15) is 58.8 Å². The maximum atomic E-state index is 14.6. The number of hydrazine groups is 2. The van der Waals surface area contributed by atoms with Crippen LogP contribution in [0.3, 0.4) is 0 Å². The summed E-state index contributed by atoms with van der Waals surface area (Å²) in [5.74, 6) is -3.10. The smallest absolute Gasteiger partial charge is 0.382 e. The minimum absolute atomic E-state index is 0.0147. The Kier molecular flexibility index (Phi) is 26.0. The second-order valence-electron chi connectivity index (χ2n) is 27.3. The number of allylic oxidation sites excluding steroid dienone is 1. The summed E-state index contributed by atoms with van der Waals surface area (Å²) in [6.07, 6.45) is 6.20. The monoisotopic (exact) mass is 1530 g/mol. The van der Waals surface area contributed by atoms with Gasteiger partial charge in [0.15, 0.2) is 0 Å². The average molecular weight is 1530 g/mol. The number of sulfone groups is 1. The Morgan fingerprint density at radius 3 is 2.18 bits per heavy atom. The van der Waals surface area contributed by atoms with Gasteiger partial charge in [0, 0.05) is 136 Å². The summed E-state index contributed by atoms with van der Waals surface area (Å²) in [6.45, 7) is 13.4. The molecule has 0 spiro atoms. The van der Waals surface area contributed by atoms with Gasteiger partial charge < -0.3 is 40.1 Å². The van der Waals surface area contributed by atoms with Gasteiger partial charge in [-0.1, -0.05) is 67.4 Å². The van der Waals surface area contributed by atoms with Gasteiger partial charge in [-0.25, -0.2) is 21.6 Å². The van der Waals surface area contributed by atoms with Crippen LogP contribution in [0.15, 0.2) is 147 Å². The molecule has 0 aromatic heterocycles. The quantitative estimate of drug-likeness (QED) is 0.0131. The number of hydrogen-bond donors (Lipinski definition) is 6. The number of sulfonamides is 1. The molecular formula is C73H88ClF3N12O13S3. The number of fused-ring (bicyclic) bond motifs is 1. The van der Waals surface area contributed by atoms with Crippen molar-refractivity contribution in [1.82, 2.24) is 45.6 Å². The lowest BCUT2D eigenvalue weighted by Crippen LogP contribution is -2.54. The number of thioether (sulfide) groups is 1. The molecule has 5 aliphatic heterocycles. The van der Waals surface area contributed by atoms with Crippen molar-refractivity contribution in [1.29, 1.82) is 0 Å². The lowest BCUT2D eigenvalue weighted by atomic mass is 9.73. The van der Waals surface area contributed by atoms with Crippen molar-refractivity contribution in [2.24, 2.45) is 5.41 Å². The summed E-state index contributed by atoms with van der Waals surface area (Å²) in [5, 5.41) is 10.9. The highest BCUT2D eigenvalue weighted by Gasteiger charge is 2.49. The highest BCUT2D eigenvalue weighted by Crippen LogP contribution is 2.44. The van der Waals surface area contributed by atoms with Crippen LogP contribution in [-0.4, -0.2) is 218 Å². The molecule has 564 valence electrons. The first kappa shape index (κ1) is 78.0. The lowest BCUT2D eigenvalue weighted by molar-refractivity contribution is -0.136. The third-order valence-corrected chi connectivity index (χ3v) is 23.6. The summed E-state index contributed by atoms with van der Waals surface area (Å²) < 4.78 is 117. The van der Waals surface area contributed by atoms with Crippen LogP contribution in [0.4, 0.5) is 30.2 Å². The Labute approximate surface area is 618 Å². The van der Waals surface area contributed by atoms with Gasteiger partial charge in [0.1, 0.15) is 10.9 Å². The second kappa shape index (κ2) is 35.1. The average Bonchev–Trinajstić information content (AvgIpc) is 1.69. The molecule has 3 saturated heterocycles. The van der Waals surface area contributed by atoms with Crippen LogP contribution in [0.25, 0.3) is 5.57 Å².